The molecule has 0 aromatic heterocycles. The van der Waals surface area contributed by atoms with Crippen molar-refractivity contribution >= 4 is 15.9 Å². The molecule has 0 saturated carbocycles. The van der Waals surface area contributed by atoms with Gasteiger partial charge in [-0.2, -0.15) is 0 Å². The lowest BCUT2D eigenvalue weighted by atomic mass is 10.1. The van der Waals surface area contributed by atoms with E-state index in [9.17, 15) is 0 Å². The minimum absolute atomic E-state index is 0.0120. The highest BCUT2D eigenvalue weighted by Crippen LogP contribution is 2.33. The highest BCUT2D eigenvalue weighted by molar-refractivity contribution is 9.10. The Morgan fingerprint density at radius 3 is 2.60 bits per heavy atom. The van der Waals surface area contributed by atoms with Crippen LogP contribution in [0.25, 0.3) is 0 Å². The predicted molar refractivity (Wildman–Crippen MR) is 84.1 cm³/mol. The van der Waals surface area contributed by atoms with Gasteiger partial charge in [-0.05, 0) is 58.6 Å². The van der Waals surface area contributed by atoms with Crippen LogP contribution >= 0.6 is 15.9 Å². The van der Waals surface area contributed by atoms with Crippen molar-refractivity contribution in [2.75, 3.05) is 6.61 Å². The molecule has 3 nitrogen and oxygen atoms in total. The van der Waals surface area contributed by atoms with Crippen molar-refractivity contribution in [1.82, 2.24) is 0 Å². The molecule has 2 aromatic rings. The second kappa shape index (κ2) is 6.88. The largest absolute Gasteiger partial charge is 0.456 e. The monoisotopic (exact) mass is 335 g/mol. The smallest absolute Gasteiger partial charge is 0.141 e. The van der Waals surface area contributed by atoms with Crippen LogP contribution in [0, 0.1) is 0 Å². The van der Waals surface area contributed by atoms with Crippen LogP contribution in [0.3, 0.4) is 0 Å². The van der Waals surface area contributed by atoms with E-state index in [1.807, 2.05) is 49.4 Å². The molecule has 2 rings (SSSR count). The van der Waals surface area contributed by atoms with Gasteiger partial charge in [0.05, 0.1) is 4.47 Å². The number of rotatable bonds is 5. The number of para-hydroxylation sites is 1. The van der Waals surface area contributed by atoms with Crippen molar-refractivity contribution in [2.24, 2.45) is 5.73 Å². The molecule has 3 N–H and O–H groups in total. The van der Waals surface area contributed by atoms with E-state index >= 15 is 0 Å². The summed E-state index contributed by atoms with van der Waals surface area (Å²) in [6.07, 6.45) is 0.575. The molecule has 0 bridgehead atoms. The third-order valence-electron chi connectivity index (χ3n) is 3.06. The number of aliphatic hydroxyl groups excluding tert-OH is 1. The molecule has 0 amide bonds. The first-order valence-corrected chi connectivity index (χ1v) is 7.32. The summed E-state index contributed by atoms with van der Waals surface area (Å²) in [6.45, 7) is 2.05. The summed E-state index contributed by atoms with van der Waals surface area (Å²) in [5, 5.41) is 9.08. The van der Waals surface area contributed by atoms with E-state index in [1.165, 1.54) is 0 Å². The Labute approximate surface area is 127 Å². The highest BCUT2D eigenvalue weighted by atomic mass is 79.9. The molecule has 0 spiro atoms. The average molecular weight is 336 g/mol. The summed E-state index contributed by atoms with van der Waals surface area (Å²) >= 11 is 3.51. The maximum Gasteiger partial charge on any atom is 0.141 e. The third kappa shape index (κ3) is 3.60. The van der Waals surface area contributed by atoms with E-state index < -0.39 is 0 Å². The van der Waals surface area contributed by atoms with Gasteiger partial charge in [-0.1, -0.05) is 24.3 Å². The first kappa shape index (κ1) is 15.0. The molecule has 0 unspecified atom stereocenters. The fourth-order valence-corrected chi connectivity index (χ4v) is 2.41. The van der Waals surface area contributed by atoms with Gasteiger partial charge in [-0.3, -0.25) is 0 Å². The number of benzene rings is 2. The summed E-state index contributed by atoms with van der Waals surface area (Å²) in [6, 6.07) is 13.5. The Morgan fingerprint density at radius 2 is 1.95 bits per heavy atom. The molecule has 0 saturated heterocycles. The summed E-state index contributed by atoms with van der Waals surface area (Å²) in [7, 11) is 0. The number of nitrogens with two attached hydrogens (primary N) is 1. The molecule has 0 aliphatic heterocycles. The Morgan fingerprint density at radius 1 is 1.20 bits per heavy atom. The van der Waals surface area contributed by atoms with Crippen molar-refractivity contribution in [2.45, 2.75) is 19.4 Å². The third-order valence-corrected chi connectivity index (χ3v) is 3.68. The quantitative estimate of drug-likeness (QED) is 0.873. The van der Waals surface area contributed by atoms with Crippen LogP contribution in [-0.2, 0) is 6.42 Å². The zero-order valence-corrected chi connectivity index (χ0v) is 12.9. The van der Waals surface area contributed by atoms with Crippen LogP contribution in [0.5, 0.6) is 11.5 Å². The second-order valence-corrected chi connectivity index (χ2v) is 5.52. The van der Waals surface area contributed by atoms with E-state index in [4.69, 9.17) is 15.6 Å². The van der Waals surface area contributed by atoms with E-state index in [-0.39, 0.29) is 12.6 Å². The molecule has 0 aliphatic carbocycles. The molecule has 1 atom stereocenters. The highest BCUT2D eigenvalue weighted by Gasteiger charge is 2.09. The number of aliphatic hydroxyl groups is 1. The van der Waals surface area contributed by atoms with Gasteiger partial charge < -0.3 is 15.6 Å². The van der Waals surface area contributed by atoms with Crippen LogP contribution in [0.1, 0.15) is 24.1 Å². The Kier molecular flexibility index (Phi) is 5.17. The van der Waals surface area contributed by atoms with Crippen LogP contribution in [-0.4, -0.2) is 11.7 Å². The number of ether oxygens (including phenoxy) is 1. The Bertz CT molecular complexity index is 584. The second-order valence-electron chi connectivity index (χ2n) is 4.66. The van der Waals surface area contributed by atoms with Gasteiger partial charge in [-0.25, -0.2) is 0 Å². The van der Waals surface area contributed by atoms with Gasteiger partial charge in [0.25, 0.3) is 0 Å². The number of halogens is 1. The van der Waals surface area contributed by atoms with E-state index in [0.717, 1.165) is 27.1 Å². The molecular formula is C16H18BrNO2. The molecule has 0 fully saturated rings. The lowest BCUT2D eigenvalue weighted by molar-refractivity contribution is 0.298. The molecule has 4 heteroatoms. The fraction of sp³-hybridized carbons (Fsp3) is 0.250. The normalized spacial score (nSPS) is 12.2. The number of hydrogen-bond donors (Lipinski definition) is 2. The maximum atomic E-state index is 9.08. The molecule has 106 valence electrons. The van der Waals surface area contributed by atoms with Crippen LogP contribution in [0.15, 0.2) is 46.9 Å². The fourth-order valence-electron chi connectivity index (χ4n) is 1.93. The SMILES string of the molecule is C[C@@H](N)c1ccc(Oc2ccccc2CCO)c(Br)c1. The van der Waals surface area contributed by atoms with Crippen molar-refractivity contribution in [3.8, 4) is 11.5 Å². The lowest BCUT2D eigenvalue weighted by Gasteiger charge is -2.13. The van der Waals surface area contributed by atoms with E-state index in [2.05, 4.69) is 15.9 Å². The first-order valence-electron chi connectivity index (χ1n) is 6.53. The molecular weight excluding hydrogens is 318 g/mol. The van der Waals surface area contributed by atoms with E-state index in [1.54, 1.807) is 0 Å². The number of hydrogen-bond acceptors (Lipinski definition) is 3. The summed E-state index contributed by atoms with van der Waals surface area (Å²) in [5.74, 6) is 1.50. The van der Waals surface area contributed by atoms with Gasteiger partial charge in [0.15, 0.2) is 0 Å². The Balaban J connectivity index is 2.26. The van der Waals surface area contributed by atoms with Crippen molar-refractivity contribution in [3.05, 3.63) is 58.1 Å². The van der Waals surface area contributed by atoms with Gasteiger partial charge >= 0.3 is 0 Å². The van der Waals surface area contributed by atoms with Crippen LogP contribution in [0.2, 0.25) is 0 Å². The van der Waals surface area contributed by atoms with E-state index in [0.29, 0.717) is 6.42 Å². The van der Waals surface area contributed by atoms with Crippen LogP contribution < -0.4 is 10.5 Å². The molecule has 2 aromatic carbocycles. The topological polar surface area (TPSA) is 55.5 Å². The van der Waals surface area contributed by atoms with Crippen molar-refractivity contribution in [3.63, 3.8) is 0 Å². The zero-order valence-electron chi connectivity index (χ0n) is 11.3. The minimum atomic E-state index is -0.0120. The molecule has 0 heterocycles. The van der Waals surface area contributed by atoms with Gasteiger partial charge in [0.1, 0.15) is 11.5 Å². The Hall–Kier alpha value is -1.36. The van der Waals surface area contributed by atoms with Crippen molar-refractivity contribution in [1.29, 1.82) is 0 Å². The molecule has 0 radical (unpaired) electrons. The standard InChI is InChI=1S/C16H18BrNO2/c1-11(18)13-6-7-16(14(17)10-13)20-15-5-3-2-4-12(15)8-9-19/h2-7,10-11,19H,8-9,18H2,1H3/t11-/m1/s1. The van der Waals surface area contributed by atoms with Crippen molar-refractivity contribution < 1.29 is 9.84 Å². The van der Waals surface area contributed by atoms with Gasteiger partial charge in [0, 0.05) is 12.6 Å². The minimum Gasteiger partial charge on any atom is -0.456 e. The molecule has 0 aliphatic rings. The first-order chi connectivity index (χ1) is 9.61. The lowest BCUT2D eigenvalue weighted by Crippen LogP contribution is -2.04. The summed E-state index contributed by atoms with van der Waals surface area (Å²) in [4.78, 5) is 0. The predicted octanol–water partition coefficient (Wildman–Crippen LogP) is 3.80. The van der Waals surface area contributed by atoms with Gasteiger partial charge in [0.2, 0.25) is 0 Å². The maximum absolute atomic E-state index is 9.08. The zero-order chi connectivity index (χ0) is 14.5. The van der Waals surface area contributed by atoms with Gasteiger partial charge in [-0.15, -0.1) is 0 Å². The van der Waals surface area contributed by atoms with Crippen LogP contribution in [0.4, 0.5) is 0 Å². The average Bonchev–Trinajstić information content (AvgIpc) is 2.43. The summed E-state index contributed by atoms with van der Waals surface area (Å²) in [5.41, 5.74) is 7.89. The molecule has 20 heavy (non-hydrogen) atoms. The summed E-state index contributed by atoms with van der Waals surface area (Å²) < 4.78 is 6.80.